The van der Waals surface area contributed by atoms with Crippen LogP contribution >= 0.6 is 0 Å². The van der Waals surface area contributed by atoms with E-state index in [1.54, 1.807) is 7.05 Å². The molecule has 0 atom stereocenters. The zero-order chi connectivity index (χ0) is 17.5. The van der Waals surface area contributed by atoms with Gasteiger partial charge in [0, 0.05) is 19.8 Å². The Bertz CT molecular complexity index is 686. The second kappa shape index (κ2) is 8.80. The largest absolute Gasteiger partial charge is 0.356 e. The number of aromatic nitrogens is 3. The van der Waals surface area contributed by atoms with E-state index in [1.807, 2.05) is 28.8 Å². The molecular weight excluding hydrogens is 314 g/mol. The van der Waals surface area contributed by atoms with Crippen molar-refractivity contribution in [3.8, 4) is 0 Å². The molecule has 3 rings (SSSR count). The highest BCUT2D eigenvalue weighted by molar-refractivity contribution is 5.79. The molecule has 7 heteroatoms. The van der Waals surface area contributed by atoms with Gasteiger partial charge in [0.15, 0.2) is 17.4 Å². The molecule has 1 aliphatic rings. The molecule has 2 N–H and O–H groups in total. The molecule has 0 saturated carbocycles. The van der Waals surface area contributed by atoms with Gasteiger partial charge in [-0.05, 0) is 56.9 Å². The van der Waals surface area contributed by atoms with Gasteiger partial charge in [0.25, 0.3) is 0 Å². The fraction of sp³-hybridized carbons (Fsp3) is 0.611. The van der Waals surface area contributed by atoms with E-state index in [4.69, 9.17) is 0 Å². The van der Waals surface area contributed by atoms with E-state index in [9.17, 15) is 0 Å². The van der Waals surface area contributed by atoms with Gasteiger partial charge in [0.1, 0.15) is 0 Å². The standard InChI is InChI=1S/C18H29N7/c1-3-24-12-8-15(9-13-24)7-10-20-18(19-2)21-14-17-23-22-16-6-4-5-11-25(16)17/h4-6,11,15H,3,7-10,12-14H2,1-2H3,(H2,19,20,21). The van der Waals surface area contributed by atoms with Crippen LogP contribution in [0.4, 0.5) is 0 Å². The van der Waals surface area contributed by atoms with Gasteiger partial charge in [-0.3, -0.25) is 9.39 Å². The van der Waals surface area contributed by atoms with Crippen molar-refractivity contribution in [3.63, 3.8) is 0 Å². The van der Waals surface area contributed by atoms with Gasteiger partial charge in [-0.15, -0.1) is 10.2 Å². The van der Waals surface area contributed by atoms with Crippen LogP contribution in [0, 0.1) is 5.92 Å². The number of nitrogens with zero attached hydrogens (tertiary/aromatic N) is 5. The van der Waals surface area contributed by atoms with Gasteiger partial charge in [0.2, 0.25) is 0 Å². The van der Waals surface area contributed by atoms with Crippen molar-refractivity contribution < 1.29 is 0 Å². The first kappa shape index (κ1) is 17.7. The summed E-state index contributed by atoms with van der Waals surface area (Å²) in [5.41, 5.74) is 0.862. The van der Waals surface area contributed by atoms with Crippen LogP contribution in [0.25, 0.3) is 5.65 Å². The first-order valence-corrected chi connectivity index (χ1v) is 9.25. The molecule has 0 unspecified atom stereocenters. The van der Waals surface area contributed by atoms with Crippen molar-refractivity contribution in [2.24, 2.45) is 10.9 Å². The lowest BCUT2D eigenvalue weighted by Gasteiger charge is -2.31. The van der Waals surface area contributed by atoms with Crippen LogP contribution < -0.4 is 10.6 Å². The fourth-order valence-corrected chi connectivity index (χ4v) is 3.38. The molecule has 0 amide bonds. The fourth-order valence-electron chi connectivity index (χ4n) is 3.38. The SMILES string of the molecule is CCN1CCC(CCNC(=NC)NCc2nnc3ccccn23)CC1. The predicted octanol–water partition coefficient (Wildman–Crippen LogP) is 1.52. The van der Waals surface area contributed by atoms with E-state index in [1.165, 1.54) is 38.9 Å². The third-order valence-electron chi connectivity index (χ3n) is 5.02. The monoisotopic (exact) mass is 343 g/mol. The van der Waals surface area contributed by atoms with Gasteiger partial charge >= 0.3 is 0 Å². The smallest absolute Gasteiger partial charge is 0.191 e. The summed E-state index contributed by atoms with van der Waals surface area (Å²) in [6.45, 7) is 7.47. The zero-order valence-corrected chi connectivity index (χ0v) is 15.3. The van der Waals surface area contributed by atoms with E-state index >= 15 is 0 Å². The molecule has 2 aromatic heterocycles. The molecule has 136 valence electrons. The predicted molar refractivity (Wildman–Crippen MR) is 101 cm³/mol. The molecule has 1 aliphatic heterocycles. The molecule has 0 aromatic carbocycles. The Morgan fingerprint density at radius 1 is 1.24 bits per heavy atom. The van der Waals surface area contributed by atoms with Gasteiger partial charge in [-0.1, -0.05) is 13.0 Å². The van der Waals surface area contributed by atoms with Crippen molar-refractivity contribution >= 4 is 11.6 Å². The van der Waals surface area contributed by atoms with E-state index in [2.05, 4.69) is 37.6 Å². The minimum absolute atomic E-state index is 0.597. The van der Waals surface area contributed by atoms with Gasteiger partial charge < -0.3 is 15.5 Å². The van der Waals surface area contributed by atoms with E-state index in [-0.39, 0.29) is 0 Å². The number of nitrogens with one attached hydrogen (secondary N) is 2. The van der Waals surface area contributed by atoms with Crippen LogP contribution in [0.15, 0.2) is 29.4 Å². The third-order valence-corrected chi connectivity index (χ3v) is 5.02. The molecule has 3 heterocycles. The number of guanidine groups is 1. The number of pyridine rings is 1. The number of fused-ring (bicyclic) bond motifs is 1. The Labute approximate surface area is 149 Å². The average molecular weight is 343 g/mol. The normalized spacial score (nSPS) is 17.1. The lowest BCUT2D eigenvalue weighted by atomic mass is 9.93. The van der Waals surface area contributed by atoms with Crippen LogP contribution in [-0.2, 0) is 6.54 Å². The summed E-state index contributed by atoms with van der Waals surface area (Å²) >= 11 is 0. The van der Waals surface area contributed by atoms with Gasteiger partial charge in [-0.25, -0.2) is 0 Å². The highest BCUT2D eigenvalue weighted by Gasteiger charge is 2.17. The van der Waals surface area contributed by atoms with Crippen molar-refractivity contribution in [1.29, 1.82) is 0 Å². The number of rotatable bonds is 6. The molecule has 1 fully saturated rings. The highest BCUT2D eigenvalue weighted by atomic mass is 15.3. The first-order valence-electron chi connectivity index (χ1n) is 9.25. The van der Waals surface area contributed by atoms with Crippen molar-refractivity contribution in [2.75, 3.05) is 33.2 Å². The Hall–Kier alpha value is -2.15. The molecule has 0 spiro atoms. The second-order valence-corrected chi connectivity index (χ2v) is 6.56. The third kappa shape index (κ3) is 4.69. The minimum Gasteiger partial charge on any atom is -0.356 e. The first-order chi connectivity index (χ1) is 12.3. The van der Waals surface area contributed by atoms with E-state index in [0.717, 1.165) is 29.9 Å². The van der Waals surface area contributed by atoms with Crippen LogP contribution in [-0.4, -0.2) is 58.7 Å². The molecule has 1 saturated heterocycles. The number of piperidine rings is 1. The Balaban J connectivity index is 1.41. The van der Waals surface area contributed by atoms with Crippen LogP contribution in [0.1, 0.15) is 32.0 Å². The molecule has 7 nitrogen and oxygen atoms in total. The summed E-state index contributed by atoms with van der Waals surface area (Å²) in [6, 6.07) is 5.90. The average Bonchev–Trinajstić information content (AvgIpc) is 3.08. The number of hydrogen-bond acceptors (Lipinski definition) is 4. The van der Waals surface area contributed by atoms with Crippen molar-refractivity contribution in [1.82, 2.24) is 30.1 Å². The Morgan fingerprint density at radius 2 is 2.08 bits per heavy atom. The topological polar surface area (TPSA) is 69.8 Å². The molecular formula is C18H29N7. The lowest BCUT2D eigenvalue weighted by Crippen LogP contribution is -2.39. The molecule has 0 bridgehead atoms. The maximum absolute atomic E-state index is 4.30. The molecule has 2 aromatic rings. The van der Waals surface area contributed by atoms with Crippen LogP contribution in [0.3, 0.4) is 0 Å². The van der Waals surface area contributed by atoms with Crippen molar-refractivity contribution in [3.05, 3.63) is 30.2 Å². The van der Waals surface area contributed by atoms with Crippen molar-refractivity contribution in [2.45, 2.75) is 32.7 Å². The summed E-state index contributed by atoms with van der Waals surface area (Å²) in [7, 11) is 1.80. The second-order valence-electron chi connectivity index (χ2n) is 6.56. The quantitative estimate of drug-likeness (QED) is 0.615. The number of hydrogen-bond donors (Lipinski definition) is 2. The van der Waals surface area contributed by atoms with Crippen LogP contribution in [0.2, 0.25) is 0 Å². The van der Waals surface area contributed by atoms with E-state index < -0.39 is 0 Å². The summed E-state index contributed by atoms with van der Waals surface area (Å²) in [5.74, 6) is 2.53. The molecule has 0 radical (unpaired) electrons. The zero-order valence-electron chi connectivity index (χ0n) is 15.3. The van der Waals surface area contributed by atoms with Crippen LogP contribution in [0.5, 0.6) is 0 Å². The Kier molecular flexibility index (Phi) is 6.22. The molecule has 0 aliphatic carbocycles. The van der Waals surface area contributed by atoms with Gasteiger partial charge in [-0.2, -0.15) is 0 Å². The van der Waals surface area contributed by atoms with E-state index in [0.29, 0.717) is 6.54 Å². The highest BCUT2D eigenvalue weighted by Crippen LogP contribution is 2.19. The number of likely N-dealkylation sites (tertiary alicyclic amines) is 1. The maximum atomic E-state index is 4.30. The summed E-state index contributed by atoms with van der Waals surface area (Å²) in [6.07, 6.45) is 5.80. The number of aliphatic imine (C=N–C) groups is 1. The maximum Gasteiger partial charge on any atom is 0.191 e. The molecule has 25 heavy (non-hydrogen) atoms. The van der Waals surface area contributed by atoms with Gasteiger partial charge in [0.05, 0.1) is 6.54 Å². The summed E-state index contributed by atoms with van der Waals surface area (Å²) < 4.78 is 1.99. The Morgan fingerprint density at radius 3 is 2.84 bits per heavy atom. The minimum atomic E-state index is 0.597. The lowest BCUT2D eigenvalue weighted by molar-refractivity contribution is 0.187. The summed E-state index contributed by atoms with van der Waals surface area (Å²) in [4.78, 5) is 6.84. The summed E-state index contributed by atoms with van der Waals surface area (Å²) in [5, 5.41) is 15.1.